The van der Waals surface area contributed by atoms with Crippen molar-refractivity contribution in [3.8, 4) is 0 Å². The average molecular weight is 800 g/mol. The molecule has 2 aromatic heterocycles. The number of nitrogens with zero attached hydrogens (tertiary/aromatic N) is 4. The van der Waals surface area contributed by atoms with E-state index in [1.165, 1.54) is 6.33 Å². The van der Waals surface area contributed by atoms with Gasteiger partial charge in [0, 0.05) is 7.05 Å². The Kier molecular flexibility index (Phi) is 13.5. The molecule has 292 valence electrons. The lowest BCUT2D eigenvalue weighted by Crippen LogP contribution is -2.43. The highest BCUT2D eigenvalue weighted by Crippen LogP contribution is 2.55. The van der Waals surface area contributed by atoms with E-state index in [0.717, 1.165) is 22.3 Å². The SMILES string of the molecule is CNc1ncnc2c1ncn2[C@@H]1CO[C@H](COP(=O)(OCc2ccccc2)OCc2ccccc2)[C@@H](OP(=O)(OCc2ccccc2)OCc2ccccc2)C1. The molecule has 0 aliphatic carbocycles. The Morgan fingerprint density at radius 2 is 1.14 bits per heavy atom. The summed E-state index contributed by atoms with van der Waals surface area (Å²) in [7, 11) is -6.77. The van der Waals surface area contributed by atoms with E-state index >= 15 is 0 Å². The molecule has 0 saturated carbocycles. The zero-order valence-corrected chi connectivity index (χ0v) is 32.5. The average Bonchev–Trinajstić information content (AvgIpc) is 3.69. The number of phosphoric acid groups is 2. The molecule has 0 spiro atoms. The van der Waals surface area contributed by atoms with Gasteiger partial charge >= 0.3 is 15.6 Å². The maximum atomic E-state index is 14.7. The number of fused-ring (bicyclic) bond motifs is 1. The first-order valence-corrected chi connectivity index (χ1v) is 21.0. The minimum Gasteiger partial charge on any atom is -0.371 e. The summed E-state index contributed by atoms with van der Waals surface area (Å²) < 4.78 is 73.4. The van der Waals surface area contributed by atoms with Gasteiger partial charge < -0.3 is 14.6 Å². The van der Waals surface area contributed by atoms with Gasteiger partial charge in [0.05, 0.1) is 58.1 Å². The molecule has 16 heteroatoms. The smallest absolute Gasteiger partial charge is 0.371 e. The normalized spacial score (nSPS) is 17.6. The Hall–Kier alpha value is -4.59. The van der Waals surface area contributed by atoms with Crippen LogP contribution in [0.2, 0.25) is 0 Å². The van der Waals surface area contributed by atoms with Gasteiger partial charge in [0.25, 0.3) is 0 Å². The maximum absolute atomic E-state index is 14.7. The molecular formula is C40H43N5O9P2. The van der Waals surface area contributed by atoms with Crippen molar-refractivity contribution >= 4 is 32.6 Å². The number of imidazole rings is 1. The van der Waals surface area contributed by atoms with Gasteiger partial charge in [-0.3, -0.25) is 27.1 Å². The van der Waals surface area contributed by atoms with E-state index in [1.54, 1.807) is 13.4 Å². The number of hydrogen-bond acceptors (Lipinski definition) is 13. The van der Waals surface area contributed by atoms with Crippen molar-refractivity contribution in [2.75, 3.05) is 25.6 Å². The zero-order valence-electron chi connectivity index (χ0n) is 30.7. The molecule has 0 amide bonds. The van der Waals surface area contributed by atoms with Crippen LogP contribution in [0.3, 0.4) is 0 Å². The predicted octanol–water partition coefficient (Wildman–Crippen LogP) is 8.68. The minimum absolute atomic E-state index is 0.0273. The van der Waals surface area contributed by atoms with Gasteiger partial charge in [-0.15, -0.1) is 0 Å². The number of benzene rings is 4. The largest absolute Gasteiger partial charge is 0.475 e. The molecule has 1 fully saturated rings. The lowest BCUT2D eigenvalue weighted by molar-refractivity contribution is -0.112. The van der Waals surface area contributed by atoms with Crippen LogP contribution in [0.4, 0.5) is 5.82 Å². The fourth-order valence-electron chi connectivity index (χ4n) is 6.04. The first-order chi connectivity index (χ1) is 27.4. The number of phosphoric ester groups is 2. The molecule has 0 radical (unpaired) electrons. The molecule has 3 atom stereocenters. The molecule has 14 nitrogen and oxygen atoms in total. The standard InChI is InChI=1S/C40H43N5O9P2/c1-41-39-38-40(43-29-42-39)45(30-44-38)35-22-36(54-56(47,51-25-33-18-10-4-11-19-33)52-26-34-20-12-5-13-21-34)37(48-27-35)28-53-55(46,49-23-31-14-6-2-7-15-31)50-24-32-16-8-3-9-17-32/h2-21,29-30,35-37H,22-28H2,1H3,(H,41,42,43)/t35-,36-,37+/m0/s1. The van der Waals surface area contributed by atoms with Crippen LogP contribution in [-0.2, 0) is 67.4 Å². The summed E-state index contributed by atoms with van der Waals surface area (Å²) in [5.41, 5.74) is 4.25. The van der Waals surface area contributed by atoms with E-state index in [2.05, 4.69) is 20.3 Å². The van der Waals surface area contributed by atoms with Crippen LogP contribution in [0.15, 0.2) is 134 Å². The third-order valence-corrected chi connectivity index (χ3v) is 11.8. The highest BCUT2D eigenvalue weighted by atomic mass is 31.2. The third kappa shape index (κ3) is 10.6. The van der Waals surface area contributed by atoms with Crippen LogP contribution in [-0.4, -0.2) is 52.0 Å². The van der Waals surface area contributed by atoms with E-state index in [-0.39, 0.29) is 52.1 Å². The van der Waals surface area contributed by atoms with Crippen molar-refractivity contribution in [3.63, 3.8) is 0 Å². The molecule has 1 aliphatic rings. The van der Waals surface area contributed by atoms with Crippen molar-refractivity contribution in [2.45, 2.75) is 51.1 Å². The molecule has 1 saturated heterocycles. The number of ether oxygens (including phenoxy) is 1. The second-order valence-corrected chi connectivity index (χ2v) is 16.2. The molecular weight excluding hydrogens is 756 g/mol. The van der Waals surface area contributed by atoms with Crippen LogP contribution in [0, 0.1) is 0 Å². The molecule has 0 unspecified atom stereocenters. The van der Waals surface area contributed by atoms with Gasteiger partial charge in [0.15, 0.2) is 11.5 Å². The topological polar surface area (TPSA) is 154 Å². The number of nitrogens with one attached hydrogen (secondary N) is 1. The van der Waals surface area contributed by atoms with Crippen LogP contribution in [0.25, 0.3) is 11.2 Å². The quantitative estimate of drug-likeness (QED) is 0.0778. The summed E-state index contributed by atoms with van der Waals surface area (Å²) in [6.07, 6.45) is 1.47. The van der Waals surface area contributed by atoms with Crippen LogP contribution < -0.4 is 5.32 Å². The molecule has 1 aliphatic heterocycles. The van der Waals surface area contributed by atoms with Gasteiger partial charge in [-0.25, -0.2) is 24.1 Å². The Bertz CT molecular complexity index is 2120. The van der Waals surface area contributed by atoms with E-state index in [0.29, 0.717) is 17.0 Å². The van der Waals surface area contributed by atoms with Crippen LogP contribution in [0.1, 0.15) is 34.7 Å². The molecule has 6 aromatic rings. The molecule has 7 rings (SSSR count). The summed E-state index contributed by atoms with van der Waals surface area (Å²) >= 11 is 0. The van der Waals surface area contributed by atoms with Gasteiger partial charge in [0.2, 0.25) is 0 Å². The summed E-state index contributed by atoms with van der Waals surface area (Å²) in [6.45, 7) is -0.279. The maximum Gasteiger partial charge on any atom is 0.475 e. The second kappa shape index (κ2) is 19.0. The molecule has 3 heterocycles. The summed E-state index contributed by atoms with van der Waals surface area (Å²) in [4.78, 5) is 13.3. The lowest BCUT2D eigenvalue weighted by Gasteiger charge is -2.37. The summed E-state index contributed by atoms with van der Waals surface area (Å²) in [5, 5.41) is 3.04. The Balaban J connectivity index is 1.15. The highest BCUT2D eigenvalue weighted by Gasteiger charge is 2.42. The van der Waals surface area contributed by atoms with Crippen molar-refractivity contribution < 1.29 is 41.0 Å². The minimum atomic E-state index is -4.32. The Labute approximate surface area is 325 Å². The number of rotatable bonds is 19. The molecule has 4 aromatic carbocycles. The fraction of sp³-hybridized carbons (Fsp3) is 0.275. The lowest BCUT2D eigenvalue weighted by atomic mass is 10.0. The number of hydrogen-bond donors (Lipinski definition) is 1. The summed E-state index contributed by atoms with van der Waals surface area (Å²) in [5.74, 6) is 0.569. The Morgan fingerprint density at radius 3 is 1.62 bits per heavy atom. The van der Waals surface area contributed by atoms with Gasteiger partial charge in [-0.05, 0) is 28.7 Å². The first kappa shape index (κ1) is 39.6. The zero-order chi connectivity index (χ0) is 38.6. The van der Waals surface area contributed by atoms with Crippen LogP contribution >= 0.6 is 15.6 Å². The highest BCUT2D eigenvalue weighted by molar-refractivity contribution is 7.48. The van der Waals surface area contributed by atoms with Crippen molar-refractivity contribution in [3.05, 3.63) is 156 Å². The fourth-order valence-corrected chi connectivity index (χ4v) is 8.58. The number of aromatic nitrogens is 4. The van der Waals surface area contributed by atoms with Gasteiger partial charge in [0.1, 0.15) is 17.9 Å². The third-order valence-electron chi connectivity index (χ3n) is 9.00. The summed E-state index contributed by atoms with van der Waals surface area (Å²) in [6, 6.07) is 36.8. The van der Waals surface area contributed by atoms with Crippen molar-refractivity contribution in [2.24, 2.45) is 0 Å². The monoisotopic (exact) mass is 799 g/mol. The second-order valence-electron chi connectivity index (χ2n) is 12.9. The van der Waals surface area contributed by atoms with E-state index in [4.69, 9.17) is 31.9 Å². The van der Waals surface area contributed by atoms with Crippen molar-refractivity contribution in [1.82, 2.24) is 19.5 Å². The van der Waals surface area contributed by atoms with Crippen LogP contribution in [0.5, 0.6) is 0 Å². The first-order valence-electron chi connectivity index (χ1n) is 18.1. The van der Waals surface area contributed by atoms with Gasteiger partial charge in [-0.1, -0.05) is 121 Å². The number of anilines is 1. The van der Waals surface area contributed by atoms with Gasteiger partial charge in [-0.2, -0.15) is 0 Å². The van der Waals surface area contributed by atoms with E-state index in [9.17, 15) is 9.13 Å². The van der Waals surface area contributed by atoms with E-state index in [1.807, 2.05) is 126 Å². The predicted molar refractivity (Wildman–Crippen MR) is 209 cm³/mol. The Morgan fingerprint density at radius 1 is 0.661 bits per heavy atom. The molecule has 56 heavy (non-hydrogen) atoms. The van der Waals surface area contributed by atoms with E-state index < -0.39 is 27.9 Å². The molecule has 0 bridgehead atoms. The molecule has 1 N–H and O–H groups in total. The van der Waals surface area contributed by atoms with Crippen molar-refractivity contribution in [1.29, 1.82) is 0 Å².